The van der Waals surface area contributed by atoms with Gasteiger partial charge in [-0.2, -0.15) is 0 Å². The molecule has 1 aromatic rings. The van der Waals surface area contributed by atoms with Crippen LogP contribution in [0.5, 0.6) is 0 Å². The number of hydrogen-bond acceptors (Lipinski definition) is 0. The van der Waals surface area contributed by atoms with Crippen LogP contribution < -0.4 is 0 Å². The summed E-state index contributed by atoms with van der Waals surface area (Å²) in [7, 11) is 0. The van der Waals surface area contributed by atoms with Crippen molar-refractivity contribution in [3.8, 4) is 0 Å². The molecule has 0 aliphatic carbocycles. The predicted molar refractivity (Wildman–Crippen MR) is 58.8 cm³/mol. The quantitative estimate of drug-likeness (QED) is 0.610. The Labute approximate surface area is 82.0 Å². The number of benzene rings is 1. The van der Waals surface area contributed by atoms with Crippen LogP contribution in [0, 0.1) is 20.8 Å². The third-order valence-electron chi connectivity index (χ3n) is 2.57. The van der Waals surface area contributed by atoms with Crippen molar-refractivity contribution in [3.63, 3.8) is 0 Å². The summed E-state index contributed by atoms with van der Waals surface area (Å²) in [5.41, 5.74) is 4.41. The van der Waals surface area contributed by atoms with Gasteiger partial charge in [-0.3, -0.25) is 0 Å². The first kappa shape index (κ1) is 10.3. The second kappa shape index (κ2) is 5.06. The predicted octanol–water partition coefficient (Wildman–Crippen LogP) is 3.85. The van der Waals surface area contributed by atoms with Crippen LogP contribution in [0.4, 0.5) is 0 Å². The number of rotatable bonds is 4. The highest BCUT2D eigenvalue weighted by Crippen LogP contribution is 2.16. The van der Waals surface area contributed by atoms with Crippen molar-refractivity contribution in [2.45, 2.75) is 39.5 Å². The molecule has 13 heavy (non-hydrogen) atoms. The lowest BCUT2D eigenvalue weighted by molar-refractivity contribution is 0.741. The zero-order valence-electron chi connectivity index (χ0n) is 8.77. The third-order valence-corrected chi connectivity index (χ3v) is 2.57. The highest BCUT2D eigenvalue weighted by Gasteiger charge is 2.00. The first-order chi connectivity index (χ1) is 6.25. The van der Waals surface area contributed by atoms with E-state index in [-0.39, 0.29) is 0 Å². The second-order valence-electron chi connectivity index (χ2n) is 3.68. The SMILES string of the molecule is [CH2]CCCCc1c(C)cccc1C. The van der Waals surface area contributed by atoms with Crippen molar-refractivity contribution in [3.05, 3.63) is 41.8 Å². The van der Waals surface area contributed by atoms with E-state index < -0.39 is 0 Å². The normalized spacial score (nSPS) is 10.4. The van der Waals surface area contributed by atoms with Gasteiger partial charge in [-0.05, 0) is 43.4 Å². The van der Waals surface area contributed by atoms with Gasteiger partial charge in [-0.1, -0.05) is 38.0 Å². The molecule has 0 saturated heterocycles. The van der Waals surface area contributed by atoms with Gasteiger partial charge in [0.25, 0.3) is 0 Å². The highest BCUT2D eigenvalue weighted by molar-refractivity contribution is 5.33. The highest BCUT2D eigenvalue weighted by atomic mass is 14.1. The Hall–Kier alpha value is -0.780. The van der Waals surface area contributed by atoms with E-state index in [1.807, 2.05) is 0 Å². The van der Waals surface area contributed by atoms with Crippen LogP contribution in [0.15, 0.2) is 18.2 Å². The molecule has 0 atom stereocenters. The molecule has 71 valence electrons. The van der Waals surface area contributed by atoms with Gasteiger partial charge in [0.2, 0.25) is 0 Å². The molecule has 0 heterocycles. The van der Waals surface area contributed by atoms with Gasteiger partial charge in [0.05, 0.1) is 0 Å². The van der Waals surface area contributed by atoms with Crippen LogP contribution in [-0.4, -0.2) is 0 Å². The van der Waals surface area contributed by atoms with Gasteiger partial charge >= 0.3 is 0 Å². The Kier molecular flexibility index (Phi) is 4.01. The maximum absolute atomic E-state index is 3.86. The van der Waals surface area contributed by atoms with E-state index in [9.17, 15) is 0 Å². The van der Waals surface area contributed by atoms with Crippen LogP contribution in [0.25, 0.3) is 0 Å². The fraction of sp³-hybridized carbons (Fsp3) is 0.462. The van der Waals surface area contributed by atoms with Crippen LogP contribution in [0.3, 0.4) is 0 Å². The average molecular weight is 175 g/mol. The van der Waals surface area contributed by atoms with Crippen molar-refractivity contribution in [2.75, 3.05) is 0 Å². The summed E-state index contributed by atoms with van der Waals surface area (Å²) in [6.45, 7) is 8.26. The molecule has 0 aromatic heterocycles. The first-order valence-electron chi connectivity index (χ1n) is 5.10. The number of aryl methyl sites for hydroxylation is 2. The Balaban J connectivity index is 2.64. The van der Waals surface area contributed by atoms with Gasteiger partial charge in [-0.15, -0.1) is 0 Å². The fourth-order valence-corrected chi connectivity index (χ4v) is 1.72. The lowest BCUT2D eigenvalue weighted by Crippen LogP contribution is -1.93. The lowest BCUT2D eigenvalue weighted by atomic mass is 9.98. The topological polar surface area (TPSA) is 0 Å². The molecule has 1 aromatic carbocycles. The van der Waals surface area contributed by atoms with Crippen LogP contribution >= 0.6 is 0 Å². The Morgan fingerprint density at radius 3 is 2.23 bits per heavy atom. The van der Waals surface area contributed by atoms with Crippen molar-refractivity contribution in [1.29, 1.82) is 0 Å². The zero-order chi connectivity index (χ0) is 9.68. The summed E-state index contributed by atoms with van der Waals surface area (Å²) in [6.07, 6.45) is 4.79. The monoisotopic (exact) mass is 175 g/mol. The van der Waals surface area contributed by atoms with E-state index in [0.29, 0.717) is 0 Å². The van der Waals surface area contributed by atoms with E-state index >= 15 is 0 Å². The van der Waals surface area contributed by atoms with Crippen LogP contribution in [-0.2, 0) is 6.42 Å². The molecule has 0 nitrogen and oxygen atoms in total. The molecule has 0 unspecified atom stereocenters. The molecule has 0 aliphatic heterocycles. The van der Waals surface area contributed by atoms with E-state index in [4.69, 9.17) is 0 Å². The number of unbranched alkanes of at least 4 members (excludes halogenated alkanes) is 2. The molecule has 0 spiro atoms. The van der Waals surface area contributed by atoms with Gasteiger partial charge in [0.15, 0.2) is 0 Å². The maximum atomic E-state index is 3.86. The third kappa shape index (κ3) is 2.87. The molecule has 0 bridgehead atoms. The van der Waals surface area contributed by atoms with Crippen molar-refractivity contribution in [2.24, 2.45) is 0 Å². The standard InChI is InChI=1S/C13H19/c1-4-5-6-10-13-11(2)8-7-9-12(13)3/h7-9H,1,4-6,10H2,2-3H3. The minimum atomic E-state index is 1.06. The van der Waals surface area contributed by atoms with Gasteiger partial charge in [0, 0.05) is 0 Å². The summed E-state index contributed by atoms with van der Waals surface area (Å²) in [5, 5.41) is 0. The van der Waals surface area contributed by atoms with E-state index in [0.717, 1.165) is 6.42 Å². The summed E-state index contributed by atoms with van der Waals surface area (Å²) in [5.74, 6) is 0. The molecule has 1 radical (unpaired) electrons. The second-order valence-corrected chi connectivity index (χ2v) is 3.68. The summed E-state index contributed by atoms with van der Waals surface area (Å²) < 4.78 is 0. The molecule has 1 rings (SSSR count). The minimum Gasteiger partial charge on any atom is -0.0617 e. The minimum absolute atomic E-state index is 1.06. The van der Waals surface area contributed by atoms with Crippen LogP contribution in [0.1, 0.15) is 36.0 Å². The Morgan fingerprint density at radius 1 is 1.08 bits per heavy atom. The summed E-state index contributed by atoms with van der Waals surface area (Å²) >= 11 is 0. The molecular weight excluding hydrogens is 156 g/mol. The van der Waals surface area contributed by atoms with Gasteiger partial charge in [0.1, 0.15) is 0 Å². The molecule has 0 saturated carbocycles. The van der Waals surface area contributed by atoms with Crippen molar-refractivity contribution >= 4 is 0 Å². The summed E-state index contributed by atoms with van der Waals surface area (Å²) in [4.78, 5) is 0. The van der Waals surface area contributed by atoms with Crippen molar-refractivity contribution < 1.29 is 0 Å². The number of hydrogen-bond donors (Lipinski definition) is 0. The largest absolute Gasteiger partial charge is 0.0617 e. The van der Waals surface area contributed by atoms with E-state index in [2.05, 4.69) is 39.0 Å². The molecule has 0 heteroatoms. The molecular formula is C13H19. The van der Waals surface area contributed by atoms with Crippen molar-refractivity contribution in [1.82, 2.24) is 0 Å². The molecule has 0 aliphatic rings. The summed E-state index contributed by atoms with van der Waals surface area (Å²) in [6, 6.07) is 6.54. The Bertz CT molecular complexity index is 240. The van der Waals surface area contributed by atoms with Crippen LogP contribution in [0.2, 0.25) is 0 Å². The Morgan fingerprint density at radius 2 is 1.69 bits per heavy atom. The molecule has 0 N–H and O–H groups in total. The average Bonchev–Trinajstić information content (AvgIpc) is 2.10. The van der Waals surface area contributed by atoms with E-state index in [1.165, 1.54) is 36.0 Å². The fourth-order valence-electron chi connectivity index (χ4n) is 1.72. The lowest BCUT2D eigenvalue weighted by Gasteiger charge is -2.08. The first-order valence-corrected chi connectivity index (χ1v) is 5.10. The maximum Gasteiger partial charge on any atom is -0.0274 e. The molecule has 0 fully saturated rings. The van der Waals surface area contributed by atoms with E-state index in [1.54, 1.807) is 0 Å². The van der Waals surface area contributed by atoms with Gasteiger partial charge in [-0.25, -0.2) is 0 Å². The smallest absolute Gasteiger partial charge is 0.0274 e. The molecule has 0 amide bonds. The van der Waals surface area contributed by atoms with Gasteiger partial charge < -0.3 is 0 Å². The zero-order valence-corrected chi connectivity index (χ0v) is 8.77.